The topological polar surface area (TPSA) is 78.5 Å². The fourth-order valence-corrected chi connectivity index (χ4v) is 2.98. The first-order chi connectivity index (χ1) is 11.7. The highest BCUT2D eigenvalue weighted by Gasteiger charge is 2.17. The van der Waals surface area contributed by atoms with E-state index in [1.807, 2.05) is 0 Å². The van der Waals surface area contributed by atoms with E-state index >= 15 is 0 Å². The van der Waals surface area contributed by atoms with E-state index < -0.39 is 15.8 Å². The molecule has 0 heterocycles. The summed E-state index contributed by atoms with van der Waals surface area (Å²) in [4.78, 5) is 12.1. The van der Waals surface area contributed by atoms with Gasteiger partial charge in [-0.15, -0.1) is 0 Å². The predicted molar refractivity (Wildman–Crippen MR) is 95.6 cm³/mol. The minimum atomic E-state index is -3.54. The van der Waals surface area contributed by atoms with Crippen LogP contribution in [0.25, 0.3) is 0 Å². The van der Waals surface area contributed by atoms with Crippen LogP contribution in [-0.4, -0.2) is 39.3 Å². The summed E-state index contributed by atoms with van der Waals surface area (Å²) in [5, 5.41) is 5.43. The fraction of sp³-hybridized carbons (Fsp3) is 0.235. The van der Waals surface area contributed by atoms with Crippen molar-refractivity contribution in [2.24, 2.45) is 0 Å². The van der Waals surface area contributed by atoms with Gasteiger partial charge in [-0.2, -0.15) is 0 Å². The SMILES string of the molecule is Cc1ccc(NC(=O)CNc2cccc(S(=O)(=O)N(C)C)c2)cc1F. The zero-order valence-electron chi connectivity index (χ0n) is 14.2. The number of hydrogen-bond acceptors (Lipinski definition) is 4. The molecule has 6 nitrogen and oxygen atoms in total. The number of carbonyl (C=O) groups is 1. The van der Waals surface area contributed by atoms with E-state index in [1.54, 1.807) is 31.2 Å². The Hall–Kier alpha value is -2.45. The Balaban J connectivity index is 2.01. The predicted octanol–water partition coefficient (Wildman–Crippen LogP) is 2.44. The lowest BCUT2D eigenvalue weighted by atomic mass is 10.2. The number of carbonyl (C=O) groups excluding carboxylic acids is 1. The molecule has 0 bridgehead atoms. The van der Waals surface area contributed by atoms with Gasteiger partial charge in [0.25, 0.3) is 0 Å². The summed E-state index contributed by atoms with van der Waals surface area (Å²) in [6.07, 6.45) is 0. The van der Waals surface area contributed by atoms with Crippen LogP contribution in [-0.2, 0) is 14.8 Å². The molecule has 2 aromatic carbocycles. The van der Waals surface area contributed by atoms with Gasteiger partial charge in [0.05, 0.1) is 11.4 Å². The number of halogens is 1. The van der Waals surface area contributed by atoms with Crippen LogP contribution < -0.4 is 10.6 Å². The summed E-state index contributed by atoms with van der Waals surface area (Å²) in [7, 11) is -0.648. The molecule has 2 rings (SSSR count). The standard InChI is InChI=1S/C17H20FN3O3S/c1-12-7-8-14(10-16(12)18)20-17(22)11-19-13-5-4-6-15(9-13)25(23,24)21(2)3/h4-10,19H,11H2,1-3H3,(H,20,22). The molecule has 0 spiro atoms. The molecular weight excluding hydrogens is 345 g/mol. The van der Waals surface area contributed by atoms with Crippen LogP contribution in [0.5, 0.6) is 0 Å². The van der Waals surface area contributed by atoms with Crippen molar-refractivity contribution < 1.29 is 17.6 Å². The number of rotatable bonds is 6. The Kier molecular flexibility index (Phi) is 5.76. The van der Waals surface area contributed by atoms with Crippen molar-refractivity contribution in [2.75, 3.05) is 31.3 Å². The summed E-state index contributed by atoms with van der Waals surface area (Å²) < 4.78 is 38.8. The minimum Gasteiger partial charge on any atom is -0.376 e. The van der Waals surface area contributed by atoms with E-state index in [9.17, 15) is 17.6 Å². The van der Waals surface area contributed by atoms with Gasteiger partial charge in [0, 0.05) is 25.5 Å². The van der Waals surface area contributed by atoms with Crippen LogP contribution >= 0.6 is 0 Å². The molecule has 0 fully saturated rings. The summed E-state index contributed by atoms with van der Waals surface area (Å²) in [5.41, 5.74) is 1.35. The van der Waals surface area contributed by atoms with Crippen molar-refractivity contribution >= 4 is 27.3 Å². The number of anilines is 2. The maximum atomic E-state index is 13.5. The summed E-state index contributed by atoms with van der Waals surface area (Å²) >= 11 is 0. The van der Waals surface area contributed by atoms with E-state index in [1.165, 1.54) is 32.3 Å². The minimum absolute atomic E-state index is 0.0824. The highest BCUT2D eigenvalue weighted by molar-refractivity contribution is 7.89. The summed E-state index contributed by atoms with van der Waals surface area (Å²) in [5.74, 6) is -0.767. The van der Waals surface area contributed by atoms with Crippen LogP contribution in [0.2, 0.25) is 0 Å². The van der Waals surface area contributed by atoms with Gasteiger partial charge in [0.1, 0.15) is 5.82 Å². The van der Waals surface area contributed by atoms with Gasteiger partial charge in [0.2, 0.25) is 15.9 Å². The van der Waals surface area contributed by atoms with Crippen molar-refractivity contribution in [3.63, 3.8) is 0 Å². The summed E-state index contributed by atoms with van der Waals surface area (Å²) in [6, 6.07) is 10.6. The average molecular weight is 365 g/mol. The molecule has 0 unspecified atom stereocenters. The molecule has 0 radical (unpaired) electrons. The second-order valence-corrected chi connectivity index (χ2v) is 7.83. The van der Waals surface area contributed by atoms with Crippen LogP contribution in [0, 0.1) is 12.7 Å². The van der Waals surface area contributed by atoms with Crippen molar-refractivity contribution in [1.29, 1.82) is 0 Å². The third-order valence-electron chi connectivity index (χ3n) is 3.52. The average Bonchev–Trinajstić information content (AvgIpc) is 2.56. The van der Waals surface area contributed by atoms with Gasteiger partial charge >= 0.3 is 0 Å². The lowest BCUT2D eigenvalue weighted by Crippen LogP contribution is -2.23. The van der Waals surface area contributed by atoms with Crippen LogP contribution in [0.4, 0.5) is 15.8 Å². The normalized spacial score (nSPS) is 11.4. The molecule has 0 aromatic heterocycles. The van der Waals surface area contributed by atoms with Crippen LogP contribution in [0.3, 0.4) is 0 Å². The molecule has 1 amide bonds. The monoisotopic (exact) mass is 365 g/mol. The lowest BCUT2D eigenvalue weighted by molar-refractivity contribution is -0.114. The quantitative estimate of drug-likeness (QED) is 0.824. The number of aryl methyl sites for hydroxylation is 1. The smallest absolute Gasteiger partial charge is 0.243 e. The second-order valence-electron chi connectivity index (χ2n) is 5.68. The molecular formula is C17H20FN3O3S. The van der Waals surface area contributed by atoms with Gasteiger partial charge in [-0.3, -0.25) is 4.79 Å². The molecule has 0 saturated heterocycles. The van der Waals surface area contributed by atoms with E-state index in [4.69, 9.17) is 0 Å². The van der Waals surface area contributed by atoms with E-state index in [0.717, 1.165) is 4.31 Å². The first-order valence-electron chi connectivity index (χ1n) is 7.52. The van der Waals surface area contributed by atoms with Gasteiger partial charge in [-0.05, 0) is 42.8 Å². The second kappa shape index (κ2) is 7.62. The fourth-order valence-electron chi connectivity index (χ4n) is 2.04. The molecule has 2 aromatic rings. The Morgan fingerprint density at radius 2 is 1.84 bits per heavy atom. The third-order valence-corrected chi connectivity index (χ3v) is 5.33. The molecule has 134 valence electrons. The number of sulfonamides is 1. The molecule has 0 aliphatic heterocycles. The largest absolute Gasteiger partial charge is 0.376 e. The van der Waals surface area contributed by atoms with Gasteiger partial charge in [0.15, 0.2) is 0 Å². The Labute approximate surface area is 146 Å². The van der Waals surface area contributed by atoms with Crippen molar-refractivity contribution in [1.82, 2.24) is 4.31 Å². The van der Waals surface area contributed by atoms with Crippen molar-refractivity contribution in [2.45, 2.75) is 11.8 Å². The lowest BCUT2D eigenvalue weighted by Gasteiger charge is -2.13. The maximum absolute atomic E-state index is 13.5. The highest BCUT2D eigenvalue weighted by Crippen LogP contribution is 2.18. The van der Waals surface area contributed by atoms with E-state index in [-0.39, 0.29) is 17.3 Å². The van der Waals surface area contributed by atoms with Gasteiger partial charge in [-0.1, -0.05) is 12.1 Å². The molecule has 0 aliphatic rings. The number of nitrogens with zero attached hydrogens (tertiary/aromatic N) is 1. The van der Waals surface area contributed by atoms with Gasteiger partial charge in [-0.25, -0.2) is 17.1 Å². The molecule has 0 atom stereocenters. The number of hydrogen-bond donors (Lipinski definition) is 2. The molecule has 8 heteroatoms. The van der Waals surface area contributed by atoms with Crippen LogP contribution in [0.15, 0.2) is 47.4 Å². The Morgan fingerprint density at radius 3 is 2.48 bits per heavy atom. The Bertz CT molecular complexity index is 882. The highest BCUT2D eigenvalue weighted by atomic mass is 32.2. The van der Waals surface area contributed by atoms with Gasteiger partial charge < -0.3 is 10.6 Å². The third kappa shape index (κ3) is 4.77. The molecule has 2 N–H and O–H groups in total. The zero-order valence-corrected chi connectivity index (χ0v) is 15.0. The number of nitrogens with one attached hydrogen (secondary N) is 2. The first-order valence-corrected chi connectivity index (χ1v) is 8.96. The van der Waals surface area contributed by atoms with Crippen LogP contribution in [0.1, 0.15) is 5.56 Å². The molecule has 0 saturated carbocycles. The zero-order chi connectivity index (χ0) is 18.6. The summed E-state index contributed by atoms with van der Waals surface area (Å²) in [6.45, 7) is 1.55. The van der Waals surface area contributed by atoms with Crippen molar-refractivity contribution in [3.05, 3.63) is 53.8 Å². The molecule has 0 aliphatic carbocycles. The van der Waals surface area contributed by atoms with Crippen molar-refractivity contribution in [3.8, 4) is 0 Å². The molecule has 25 heavy (non-hydrogen) atoms. The number of benzene rings is 2. The number of amides is 1. The first kappa shape index (κ1) is 18.9. The van der Waals surface area contributed by atoms with E-state index in [2.05, 4.69) is 10.6 Å². The Morgan fingerprint density at radius 1 is 1.12 bits per heavy atom. The van der Waals surface area contributed by atoms with E-state index in [0.29, 0.717) is 16.9 Å². The maximum Gasteiger partial charge on any atom is 0.243 e.